The van der Waals surface area contributed by atoms with Crippen LogP contribution in [-0.2, 0) is 23.4 Å². The predicted octanol–water partition coefficient (Wildman–Crippen LogP) is 3.01. The van der Waals surface area contributed by atoms with Crippen LogP contribution in [0.1, 0.15) is 27.0 Å². The number of esters is 1. The van der Waals surface area contributed by atoms with Gasteiger partial charge in [-0.3, -0.25) is 13.9 Å². The smallest absolute Gasteiger partial charge is 0.459 e. The van der Waals surface area contributed by atoms with Gasteiger partial charge in [-0.05, 0) is 32.9 Å². The van der Waals surface area contributed by atoms with Gasteiger partial charge in [0.05, 0.1) is 19.0 Å². The molecule has 0 aliphatic carbocycles. The van der Waals surface area contributed by atoms with Gasteiger partial charge in [0.15, 0.2) is 23.2 Å². The van der Waals surface area contributed by atoms with Crippen molar-refractivity contribution in [3.05, 3.63) is 49.3 Å². The van der Waals surface area contributed by atoms with E-state index in [1.54, 1.807) is 51.2 Å². The molecule has 1 aromatic carbocycles. The van der Waals surface area contributed by atoms with E-state index in [0.717, 1.165) is 0 Å². The topological polar surface area (TPSA) is 185 Å². The second-order valence-corrected chi connectivity index (χ2v) is 11.9. The molecule has 1 aliphatic heterocycles. The van der Waals surface area contributed by atoms with Gasteiger partial charge in [-0.15, -0.1) is 18.2 Å². The van der Waals surface area contributed by atoms with Gasteiger partial charge in [0.1, 0.15) is 28.9 Å². The second-order valence-electron chi connectivity index (χ2n) is 9.54. The number of benzene rings is 1. The summed E-state index contributed by atoms with van der Waals surface area (Å²) in [5, 5.41) is 16.7. The number of para-hydroxylation sites is 1. The average molecular weight is 610 g/mol. The van der Waals surface area contributed by atoms with Crippen LogP contribution < -0.4 is 20.7 Å². The van der Waals surface area contributed by atoms with Gasteiger partial charge in [0, 0.05) is 7.05 Å². The van der Waals surface area contributed by atoms with E-state index >= 15 is 0 Å². The SMILES string of the molecule is C=C[C@@]1(Cl)[C@H](O)[C@@H](CO[P@](=O)(NC(C)C(=O)OC(C)C)Oc2ccccc2)O[C@H]1n1cnc2c(NC)nc(N)nc21. The van der Waals surface area contributed by atoms with Crippen molar-refractivity contribution in [2.45, 2.75) is 56.2 Å². The summed E-state index contributed by atoms with van der Waals surface area (Å²) in [5.74, 6) is -0.0632. The Morgan fingerprint density at radius 2 is 2.05 bits per heavy atom. The van der Waals surface area contributed by atoms with E-state index in [1.807, 2.05) is 0 Å². The van der Waals surface area contributed by atoms with Gasteiger partial charge in [-0.2, -0.15) is 15.1 Å². The first kappa shape index (κ1) is 30.7. The van der Waals surface area contributed by atoms with E-state index in [1.165, 1.54) is 23.9 Å². The minimum Gasteiger partial charge on any atom is -0.462 e. The highest BCUT2D eigenvalue weighted by Crippen LogP contribution is 2.49. The molecule has 0 radical (unpaired) electrons. The van der Waals surface area contributed by atoms with E-state index < -0.39 is 49.7 Å². The number of hydrogen-bond donors (Lipinski definition) is 4. The molecule has 16 heteroatoms. The highest BCUT2D eigenvalue weighted by Gasteiger charge is 2.55. The third kappa shape index (κ3) is 6.48. The first-order chi connectivity index (χ1) is 19.4. The number of nitrogens with two attached hydrogens (primary N) is 1. The van der Waals surface area contributed by atoms with Crippen LogP contribution in [0.5, 0.6) is 5.75 Å². The fourth-order valence-electron chi connectivity index (χ4n) is 4.19. The molecule has 1 unspecified atom stereocenters. The molecular formula is C25H33ClN7O7P. The number of fused-ring (bicyclic) bond motifs is 1. The van der Waals surface area contributed by atoms with Crippen LogP contribution in [-0.4, -0.2) is 73.5 Å². The predicted molar refractivity (Wildman–Crippen MR) is 152 cm³/mol. The number of carbonyl (C=O) groups is 1. The number of halogens is 1. The van der Waals surface area contributed by atoms with Crippen molar-refractivity contribution >= 4 is 48.2 Å². The Hall–Kier alpha value is -3.26. The molecular weight excluding hydrogens is 577 g/mol. The number of nitrogens with one attached hydrogen (secondary N) is 2. The molecule has 14 nitrogen and oxygen atoms in total. The third-order valence-electron chi connectivity index (χ3n) is 6.16. The Kier molecular flexibility index (Phi) is 9.22. The number of nitrogens with zero attached hydrogens (tertiary/aromatic N) is 4. The van der Waals surface area contributed by atoms with Gasteiger partial charge in [0.2, 0.25) is 5.95 Å². The number of hydrogen-bond acceptors (Lipinski definition) is 12. The number of aliphatic hydroxyl groups is 1. The Morgan fingerprint density at radius 3 is 2.68 bits per heavy atom. The number of alkyl halides is 1. The molecule has 0 saturated carbocycles. The zero-order valence-electron chi connectivity index (χ0n) is 22.9. The number of imidazole rings is 1. The lowest BCUT2D eigenvalue weighted by Crippen LogP contribution is -2.41. The number of anilines is 2. The first-order valence-electron chi connectivity index (χ1n) is 12.7. The maximum Gasteiger partial charge on any atom is 0.459 e. The van der Waals surface area contributed by atoms with Crippen LogP contribution >= 0.6 is 19.3 Å². The summed E-state index contributed by atoms with van der Waals surface area (Å²) < 4.78 is 38.1. The molecule has 0 amide bonds. The fourth-order valence-corrected chi connectivity index (χ4v) is 5.99. The molecule has 0 bridgehead atoms. The number of nitrogen functional groups attached to an aromatic ring is 1. The normalized spacial score (nSPS) is 24.6. The quantitative estimate of drug-likeness (QED) is 0.102. The number of aliphatic hydroxyl groups excluding tert-OH is 1. The molecule has 41 heavy (non-hydrogen) atoms. The summed E-state index contributed by atoms with van der Waals surface area (Å²) in [4.78, 5) is 23.6. The Morgan fingerprint density at radius 1 is 1.34 bits per heavy atom. The van der Waals surface area contributed by atoms with Crippen LogP contribution in [0.2, 0.25) is 0 Å². The van der Waals surface area contributed by atoms with Crippen molar-refractivity contribution in [1.29, 1.82) is 0 Å². The van der Waals surface area contributed by atoms with E-state index in [-0.39, 0.29) is 17.8 Å². The average Bonchev–Trinajstić information content (AvgIpc) is 3.45. The molecule has 222 valence electrons. The second kappa shape index (κ2) is 12.3. The van der Waals surface area contributed by atoms with Crippen molar-refractivity contribution in [3.63, 3.8) is 0 Å². The van der Waals surface area contributed by atoms with Gasteiger partial charge in [-0.1, -0.05) is 24.3 Å². The molecule has 1 saturated heterocycles. The van der Waals surface area contributed by atoms with Crippen molar-refractivity contribution < 1.29 is 33.0 Å². The summed E-state index contributed by atoms with van der Waals surface area (Å²) in [6.07, 6.45) is -1.21. The van der Waals surface area contributed by atoms with Gasteiger partial charge < -0.3 is 30.2 Å². The maximum absolute atomic E-state index is 13.9. The van der Waals surface area contributed by atoms with Crippen molar-refractivity contribution in [1.82, 2.24) is 24.6 Å². The molecule has 3 heterocycles. The highest BCUT2D eigenvalue weighted by molar-refractivity contribution is 7.52. The van der Waals surface area contributed by atoms with Crippen LogP contribution in [0.4, 0.5) is 11.8 Å². The molecule has 0 spiro atoms. The zero-order valence-corrected chi connectivity index (χ0v) is 24.6. The van der Waals surface area contributed by atoms with E-state index in [4.69, 9.17) is 35.9 Å². The lowest BCUT2D eigenvalue weighted by atomic mass is 9.99. The van der Waals surface area contributed by atoms with Crippen LogP contribution in [0.25, 0.3) is 11.2 Å². The van der Waals surface area contributed by atoms with Crippen LogP contribution in [0.3, 0.4) is 0 Å². The molecule has 4 rings (SSSR count). The van der Waals surface area contributed by atoms with E-state index in [0.29, 0.717) is 17.0 Å². The van der Waals surface area contributed by atoms with Crippen molar-refractivity contribution in [2.75, 3.05) is 24.7 Å². The summed E-state index contributed by atoms with van der Waals surface area (Å²) in [7, 11) is -2.58. The summed E-state index contributed by atoms with van der Waals surface area (Å²) in [5.41, 5.74) is 6.57. The molecule has 6 atom stereocenters. The summed E-state index contributed by atoms with van der Waals surface area (Å²) >= 11 is 6.86. The maximum atomic E-state index is 13.9. The van der Waals surface area contributed by atoms with Gasteiger partial charge in [0.25, 0.3) is 0 Å². The fraction of sp³-hybridized carbons (Fsp3) is 0.440. The van der Waals surface area contributed by atoms with Crippen LogP contribution in [0.15, 0.2) is 49.3 Å². The Bertz CT molecular complexity index is 1440. The number of carbonyl (C=O) groups excluding carboxylic acids is 1. The largest absolute Gasteiger partial charge is 0.462 e. The molecule has 2 aromatic heterocycles. The Labute approximate surface area is 241 Å². The molecule has 5 N–H and O–H groups in total. The lowest BCUT2D eigenvalue weighted by Gasteiger charge is -2.27. The number of ether oxygens (including phenoxy) is 2. The van der Waals surface area contributed by atoms with Gasteiger partial charge in [-0.25, -0.2) is 9.55 Å². The molecule has 1 fully saturated rings. The standard InChI is InChI=1S/C25H33ClN7O7P/c1-6-25(26)19(34)17(39-23(25)33-13-29-18-20(28-5)30-24(27)31-21(18)33)12-37-41(36,40-16-10-8-7-9-11-16)32-15(4)22(35)38-14(2)3/h6-11,13-15,17,19,23,34H,1,12H2,2-5H3,(H,32,36)(H3,27,28,30,31)/t15?,17-,19-,23-,25-,41-/m1/s1. The third-order valence-corrected chi connectivity index (χ3v) is 8.37. The Balaban J connectivity index is 1.59. The zero-order chi connectivity index (χ0) is 29.9. The lowest BCUT2D eigenvalue weighted by molar-refractivity contribution is -0.149. The number of aromatic nitrogens is 4. The van der Waals surface area contributed by atoms with Crippen LogP contribution in [0, 0.1) is 0 Å². The van der Waals surface area contributed by atoms with Crippen molar-refractivity contribution in [2.24, 2.45) is 0 Å². The molecule has 1 aliphatic rings. The van der Waals surface area contributed by atoms with E-state index in [2.05, 4.69) is 31.9 Å². The van der Waals surface area contributed by atoms with E-state index in [9.17, 15) is 14.5 Å². The monoisotopic (exact) mass is 609 g/mol. The number of rotatable bonds is 12. The summed E-state index contributed by atoms with van der Waals surface area (Å²) in [6.45, 7) is 8.18. The first-order valence-corrected chi connectivity index (χ1v) is 14.6. The minimum atomic E-state index is -4.24. The minimum absolute atomic E-state index is 0.0176. The summed E-state index contributed by atoms with van der Waals surface area (Å²) in [6, 6.07) is 7.21. The highest BCUT2D eigenvalue weighted by atomic mass is 35.5. The molecule has 3 aromatic rings. The van der Waals surface area contributed by atoms with Crippen molar-refractivity contribution in [3.8, 4) is 5.75 Å². The van der Waals surface area contributed by atoms with Gasteiger partial charge >= 0.3 is 13.7 Å².